The van der Waals surface area contributed by atoms with Crippen LogP contribution in [0.4, 0.5) is 13.2 Å². The van der Waals surface area contributed by atoms with Crippen LogP contribution in [0.5, 0.6) is 5.75 Å². The molecule has 0 N–H and O–H groups in total. The number of halogens is 3. The molecule has 0 aromatic heterocycles. The number of hydrogen-bond donors (Lipinski definition) is 0. The van der Waals surface area contributed by atoms with Gasteiger partial charge in [0, 0.05) is 12.0 Å². The van der Waals surface area contributed by atoms with E-state index >= 15 is 0 Å². The lowest BCUT2D eigenvalue weighted by Gasteiger charge is -2.36. The smallest absolute Gasteiger partial charge is 0.487 e. The van der Waals surface area contributed by atoms with Crippen molar-refractivity contribution in [3.8, 4) is 5.75 Å². The predicted molar refractivity (Wildman–Crippen MR) is 64.6 cm³/mol. The van der Waals surface area contributed by atoms with Gasteiger partial charge in [-0.3, -0.25) is 4.18 Å². The van der Waals surface area contributed by atoms with Crippen molar-refractivity contribution in [3.63, 3.8) is 0 Å². The Kier molecular flexibility index (Phi) is 3.50. The van der Waals surface area contributed by atoms with E-state index < -0.39 is 27.3 Å². The zero-order chi connectivity index (χ0) is 15.2. The van der Waals surface area contributed by atoms with E-state index in [2.05, 4.69) is 4.18 Å². The second kappa shape index (κ2) is 4.63. The number of alkyl halides is 3. The number of ether oxygens (including phenoxy) is 1. The van der Waals surface area contributed by atoms with E-state index in [0.29, 0.717) is 11.3 Å². The lowest BCUT2D eigenvalue weighted by molar-refractivity contribution is -0.0624. The van der Waals surface area contributed by atoms with Crippen LogP contribution in [-0.4, -0.2) is 19.5 Å². The van der Waals surface area contributed by atoms with Crippen LogP contribution >= 0.6 is 0 Å². The van der Waals surface area contributed by atoms with Gasteiger partial charge in [-0.15, -0.1) is 0 Å². The van der Waals surface area contributed by atoms with Crippen LogP contribution in [0.15, 0.2) is 24.3 Å². The van der Waals surface area contributed by atoms with Crippen molar-refractivity contribution in [1.29, 1.82) is 0 Å². The Balaban J connectivity index is 2.38. The van der Waals surface area contributed by atoms with Crippen molar-refractivity contribution in [2.75, 3.05) is 0 Å². The summed E-state index contributed by atoms with van der Waals surface area (Å²) in [6, 6.07) is 6.28. The summed E-state index contributed by atoms with van der Waals surface area (Å²) in [5.74, 6) is 0.325. The minimum atomic E-state index is -5.65. The molecule has 4 nitrogen and oxygen atoms in total. The zero-order valence-corrected chi connectivity index (χ0v) is 11.6. The van der Waals surface area contributed by atoms with Gasteiger partial charge < -0.3 is 4.74 Å². The zero-order valence-electron chi connectivity index (χ0n) is 10.8. The van der Waals surface area contributed by atoms with Gasteiger partial charge in [-0.05, 0) is 19.9 Å². The first-order valence-corrected chi connectivity index (χ1v) is 7.20. The average Bonchev–Trinajstić information content (AvgIpc) is 2.25. The van der Waals surface area contributed by atoms with Gasteiger partial charge in [0.2, 0.25) is 0 Å². The Labute approximate surface area is 114 Å². The highest BCUT2D eigenvalue weighted by Crippen LogP contribution is 2.43. The first-order valence-electron chi connectivity index (χ1n) is 5.79. The minimum absolute atomic E-state index is 0.000671. The number of para-hydroxylation sites is 1. The molecule has 0 saturated carbocycles. The summed E-state index contributed by atoms with van der Waals surface area (Å²) in [6.07, 6.45) is -1.22. The summed E-state index contributed by atoms with van der Waals surface area (Å²) in [5.41, 5.74) is -5.97. The maximum absolute atomic E-state index is 12.4. The first-order chi connectivity index (χ1) is 9.02. The number of fused-ring (bicyclic) bond motifs is 1. The van der Waals surface area contributed by atoms with Crippen molar-refractivity contribution in [1.82, 2.24) is 0 Å². The molecule has 1 aliphatic heterocycles. The van der Waals surface area contributed by atoms with Crippen LogP contribution in [-0.2, 0) is 14.3 Å². The molecule has 2 rings (SSSR count). The van der Waals surface area contributed by atoms with Gasteiger partial charge in [0.15, 0.2) is 0 Å². The topological polar surface area (TPSA) is 52.6 Å². The average molecular weight is 310 g/mol. The first kappa shape index (κ1) is 15.1. The van der Waals surface area contributed by atoms with E-state index in [1.807, 2.05) is 0 Å². The summed E-state index contributed by atoms with van der Waals surface area (Å²) in [5, 5.41) is 0. The largest absolute Gasteiger partial charge is 0.523 e. The molecule has 112 valence electrons. The van der Waals surface area contributed by atoms with Crippen molar-refractivity contribution in [2.45, 2.75) is 37.5 Å². The van der Waals surface area contributed by atoms with Gasteiger partial charge in [-0.2, -0.15) is 21.6 Å². The molecule has 1 aromatic rings. The molecule has 0 aliphatic carbocycles. The molecule has 8 heteroatoms. The monoisotopic (exact) mass is 310 g/mol. The highest BCUT2D eigenvalue weighted by molar-refractivity contribution is 7.87. The van der Waals surface area contributed by atoms with Gasteiger partial charge in [0.05, 0.1) is 0 Å². The second-order valence-corrected chi connectivity index (χ2v) is 6.65. The fourth-order valence-electron chi connectivity index (χ4n) is 2.03. The molecule has 0 amide bonds. The normalized spacial score (nSPS) is 21.9. The Hall–Kier alpha value is -1.28. The van der Waals surface area contributed by atoms with E-state index in [-0.39, 0.29) is 6.42 Å². The molecule has 20 heavy (non-hydrogen) atoms. The summed E-state index contributed by atoms with van der Waals surface area (Å²) >= 11 is 0. The van der Waals surface area contributed by atoms with Crippen LogP contribution in [0.3, 0.4) is 0 Å². The van der Waals surface area contributed by atoms with Crippen LogP contribution < -0.4 is 4.74 Å². The summed E-state index contributed by atoms with van der Waals surface area (Å²) in [7, 11) is -5.65. The van der Waals surface area contributed by atoms with Crippen molar-refractivity contribution >= 4 is 10.1 Å². The molecule has 0 radical (unpaired) electrons. The molecule has 1 aliphatic rings. The molecule has 0 bridgehead atoms. The van der Waals surface area contributed by atoms with Crippen LogP contribution in [0.1, 0.15) is 31.9 Å². The highest BCUT2D eigenvalue weighted by Gasteiger charge is 2.50. The van der Waals surface area contributed by atoms with Gasteiger partial charge >= 0.3 is 15.6 Å². The fraction of sp³-hybridized carbons (Fsp3) is 0.500. The third-order valence-corrected chi connectivity index (χ3v) is 3.91. The number of benzene rings is 1. The quantitative estimate of drug-likeness (QED) is 0.622. The van der Waals surface area contributed by atoms with Gasteiger partial charge in [0.1, 0.15) is 17.5 Å². The van der Waals surface area contributed by atoms with E-state index in [0.717, 1.165) is 0 Å². The number of rotatable bonds is 2. The van der Waals surface area contributed by atoms with Crippen molar-refractivity contribution in [2.24, 2.45) is 0 Å². The second-order valence-electron chi connectivity index (χ2n) is 5.09. The highest BCUT2D eigenvalue weighted by atomic mass is 32.2. The maximum Gasteiger partial charge on any atom is 0.523 e. The molecule has 1 atom stereocenters. The van der Waals surface area contributed by atoms with Crippen molar-refractivity contribution in [3.05, 3.63) is 29.8 Å². The Morgan fingerprint density at radius 1 is 1.30 bits per heavy atom. The molecule has 1 aromatic carbocycles. The fourth-order valence-corrected chi connectivity index (χ4v) is 2.62. The predicted octanol–water partition coefficient (Wildman–Crippen LogP) is 3.16. The van der Waals surface area contributed by atoms with E-state index in [1.165, 1.54) is 6.07 Å². The Bertz CT molecular complexity index is 607. The lowest BCUT2D eigenvalue weighted by Crippen LogP contribution is -2.37. The minimum Gasteiger partial charge on any atom is -0.487 e. The molecule has 1 unspecified atom stereocenters. The van der Waals surface area contributed by atoms with Gasteiger partial charge in [0.25, 0.3) is 0 Å². The third kappa shape index (κ3) is 2.90. The third-order valence-electron chi connectivity index (χ3n) is 2.86. The van der Waals surface area contributed by atoms with Gasteiger partial charge in [-0.25, -0.2) is 0 Å². The maximum atomic E-state index is 12.4. The molecular formula is C12H13F3O4S. The van der Waals surface area contributed by atoms with E-state index in [9.17, 15) is 21.6 Å². The molecule has 0 spiro atoms. The molecule has 0 fully saturated rings. The SMILES string of the molecule is CC1(C)CC(OS(=O)(=O)C(F)(F)F)c2ccccc2O1. The van der Waals surface area contributed by atoms with Crippen LogP contribution in [0.2, 0.25) is 0 Å². The standard InChI is InChI=1S/C12H13F3O4S/c1-11(2)7-10(19-20(16,17)12(13,14)15)8-5-3-4-6-9(8)18-11/h3-6,10H,7H2,1-2H3. The number of hydrogen-bond acceptors (Lipinski definition) is 4. The van der Waals surface area contributed by atoms with Crippen LogP contribution in [0.25, 0.3) is 0 Å². The van der Waals surface area contributed by atoms with Crippen LogP contribution in [0, 0.1) is 0 Å². The Morgan fingerprint density at radius 3 is 2.50 bits per heavy atom. The molecule has 1 heterocycles. The van der Waals surface area contributed by atoms with Crippen molar-refractivity contribution < 1.29 is 30.5 Å². The Morgan fingerprint density at radius 2 is 1.90 bits per heavy atom. The van der Waals surface area contributed by atoms with E-state index in [4.69, 9.17) is 4.74 Å². The molecular weight excluding hydrogens is 297 g/mol. The summed E-state index contributed by atoms with van der Waals surface area (Å²) < 4.78 is 69.5. The van der Waals surface area contributed by atoms with Gasteiger partial charge in [-0.1, -0.05) is 18.2 Å². The lowest BCUT2D eigenvalue weighted by atomic mass is 9.92. The summed E-state index contributed by atoms with van der Waals surface area (Å²) in [4.78, 5) is 0. The molecule has 0 saturated heterocycles. The van der Waals surface area contributed by atoms with E-state index in [1.54, 1.807) is 32.0 Å². The summed E-state index contributed by atoms with van der Waals surface area (Å²) in [6.45, 7) is 3.30.